The number of ketones is 1. The fourth-order valence-electron chi connectivity index (χ4n) is 1.16. The number of carbonyl (C=O) groups is 2. The third-order valence-electron chi connectivity index (χ3n) is 2.15. The summed E-state index contributed by atoms with van der Waals surface area (Å²) in [5, 5.41) is 3.58. The molecule has 0 unspecified atom stereocenters. The molecule has 1 aromatic rings. The Hall–Kier alpha value is -1.16. The largest absolute Gasteiger partial charge is 0.317 e. The molecule has 1 saturated carbocycles. The summed E-state index contributed by atoms with van der Waals surface area (Å²) in [6.07, 6.45) is 1.99. The minimum absolute atomic E-state index is 0.0434. The molecule has 74 valence electrons. The minimum atomic E-state index is 0.0434. The number of thiophene rings is 1. The molecule has 1 N–H and O–H groups in total. The smallest absolute Gasteiger partial charge is 0.228 e. The number of rotatable bonds is 3. The van der Waals surface area contributed by atoms with Crippen LogP contribution in [0.5, 0.6) is 0 Å². The first-order valence-corrected chi connectivity index (χ1v) is 5.40. The fourth-order valence-corrected chi connectivity index (χ4v) is 1.97. The first-order chi connectivity index (χ1) is 6.66. The summed E-state index contributed by atoms with van der Waals surface area (Å²) in [4.78, 5) is 23.0. The second-order valence-corrected chi connectivity index (χ2v) is 4.57. The molecule has 0 bridgehead atoms. The van der Waals surface area contributed by atoms with Gasteiger partial charge < -0.3 is 5.32 Å². The zero-order valence-corrected chi connectivity index (χ0v) is 8.69. The molecule has 0 saturated heterocycles. The molecule has 1 heterocycles. The van der Waals surface area contributed by atoms with Crippen LogP contribution in [0.25, 0.3) is 0 Å². The average Bonchev–Trinajstić information content (AvgIpc) is 2.87. The molecule has 1 amide bonds. The van der Waals surface area contributed by atoms with E-state index in [9.17, 15) is 9.59 Å². The molecule has 0 atom stereocenters. The minimum Gasteiger partial charge on any atom is -0.317 e. The first-order valence-electron chi connectivity index (χ1n) is 4.58. The number of hydrogen-bond acceptors (Lipinski definition) is 3. The van der Waals surface area contributed by atoms with Gasteiger partial charge in [0.15, 0.2) is 5.78 Å². The van der Waals surface area contributed by atoms with Crippen LogP contribution < -0.4 is 5.32 Å². The van der Waals surface area contributed by atoms with E-state index in [0.29, 0.717) is 4.88 Å². The summed E-state index contributed by atoms with van der Waals surface area (Å²) in [5.74, 6) is 0.335. The van der Waals surface area contributed by atoms with Crippen LogP contribution in [0.2, 0.25) is 0 Å². The Bertz CT molecular complexity index is 379. The summed E-state index contributed by atoms with van der Waals surface area (Å²) >= 11 is 1.33. The molecule has 3 nitrogen and oxygen atoms in total. The van der Waals surface area contributed by atoms with Crippen molar-refractivity contribution in [2.75, 3.05) is 5.32 Å². The van der Waals surface area contributed by atoms with Gasteiger partial charge in [0.1, 0.15) is 0 Å². The van der Waals surface area contributed by atoms with Gasteiger partial charge in [-0.2, -0.15) is 0 Å². The second kappa shape index (κ2) is 3.53. The molecule has 14 heavy (non-hydrogen) atoms. The standard InChI is InChI=1S/C10H11NO2S/c1-6(12)8-4-5-9(14-8)11-10(13)7-2-3-7/h4-5,7H,2-3H2,1H3,(H,11,13). The Balaban J connectivity index is 2.02. The molecule has 0 aromatic carbocycles. The van der Waals surface area contributed by atoms with Crippen molar-refractivity contribution in [3.63, 3.8) is 0 Å². The highest BCUT2D eigenvalue weighted by Crippen LogP contribution is 2.31. The third-order valence-corrected chi connectivity index (χ3v) is 3.25. The van der Waals surface area contributed by atoms with Gasteiger partial charge in [-0.25, -0.2) is 0 Å². The van der Waals surface area contributed by atoms with E-state index in [0.717, 1.165) is 17.8 Å². The van der Waals surface area contributed by atoms with Crippen molar-refractivity contribution in [2.45, 2.75) is 19.8 Å². The van der Waals surface area contributed by atoms with Crippen LogP contribution in [-0.2, 0) is 4.79 Å². The SMILES string of the molecule is CC(=O)c1ccc(NC(=O)C2CC2)s1. The van der Waals surface area contributed by atoms with Crippen molar-refractivity contribution in [1.29, 1.82) is 0 Å². The van der Waals surface area contributed by atoms with Crippen LogP contribution in [0, 0.1) is 5.92 Å². The summed E-state index contributed by atoms with van der Waals surface area (Å²) in [6, 6.07) is 3.52. The normalized spacial score (nSPS) is 15.2. The van der Waals surface area contributed by atoms with Crippen LogP contribution in [0.15, 0.2) is 12.1 Å². The number of amides is 1. The van der Waals surface area contributed by atoms with Gasteiger partial charge >= 0.3 is 0 Å². The molecular formula is C10H11NO2S. The first kappa shape index (κ1) is 9.40. The van der Waals surface area contributed by atoms with Gasteiger partial charge in [0, 0.05) is 5.92 Å². The predicted molar refractivity (Wildman–Crippen MR) is 55.7 cm³/mol. The lowest BCUT2D eigenvalue weighted by Crippen LogP contribution is -2.11. The topological polar surface area (TPSA) is 46.2 Å². The number of hydrogen-bond donors (Lipinski definition) is 1. The Kier molecular flexibility index (Phi) is 2.37. The lowest BCUT2D eigenvalue weighted by atomic mass is 10.3. The van der Waals surface area contributed by atoms with Gasteiger partial charge in [-0.15, -0.1) is 11.3 Å². The van der Waals surface area contributed by atoms with Gasteiger partial charge in [-0.3, -0.25) is 9.59 Å². The van der Waals surface area contributed by atoms with Crippen LogP contribution in [0.3, 0.4) is 0 Å². The van der Waals surface area contributed by atoms with Gasteiger partial charge in [0.25, 0.3) is 0 Å². The highest BCUT2D eigenvalue weighted by molar-refractivity contribution is 7.18. The van der Waals surface area contributed by atoms with E-state index in [1.165, 1.54) is 18.3 Å². The molecule has 0 aliphatic heterocycles. The number of anilines is 1. The number of carbonyl (C=O) groups excluding carboxylic acids is 2. The maximum absolute atomic E-state index is 11.4. The Morgan fingerprint density at radius 1 is 1.43 bits per heavy atom. The van der Waals surface area contributed by atoms with E-state index in [2.05, 4.69) is 5.32 Å². The molecule has 1 aliphatic carbocycles. The third kappa shape index (κ3) is 2.01. The maximum Gasteiger partial charge on any atom is 0.228 e. The average molecular weight is 209 g/mol. The Morgan fingerprint density at radius 2 is 2.14 bits per heavy atom. The van der Waals surface area contributed by atoms with Crippen molar-refractivity contribution >= 4 is 28.0 Å². The van der Waals surface area contributed by atoms with E-state index in [1.54, 1.807) is 12.1 Å². The fraction of sp³-hybridized carbons (Fsp3) is 0.400. The van der Waals surface area contributed by atoms with Crippen LogP contribution in [0.1, 0.15) is 29.4 Å². The predicted octanol–water partition coefficient (Wildman–Crippen LogP) is 2.30. The number of Topliss-reactive ketones (excluding diaryl/α,β-unsaturated/α-hetero) is 1. The van der Waals surface area contributed by atoms with E-state index in [4.69, 9.17) is 0 Å². The second-order valence-electron chi connectivity index (χ2n) is 3.48. The lowest BCUT2D eigenvalue weighted by molar-refractivity contribution is -0.117. The summed E-state index contributed by atoms with van der Waals surface area (Å²) in [7, 11) is 0. The van der Waals surface area contributed by atoms with Crippen molar-refractivity contribution in [2.24, 2.45) is 5.92 Å². The Labute approximate surface area is 86.1 Å². The van der Waals surface area contributed by atoms with Gasteiger partial charge in [0.05, 0.1) is 9.88 Å². The van der Waals surface area contributed by atoms with Crippen LogP contribution in [0.4, 0.5) is 5.00 Å². The lowest BCUT2D eigenvalue weighted by Gasteiger charge is -1.98. The van der Waals surface area contributed by atoms with Crippen molar-refractivity contribution in [1.82, 2.24) is 0 Å². The zero-order chi connectivity index (χ0) is 10.1. The van der Waals surface area contributed by atoms with Crippen molar-refractivity contribution in [3.05, 3.63) is 17.0 Å². The molecule has 1 fully saturated rings. The highest BCUT2D eigenvalue weighted by Gasteiger charge is 2.29. The van der Waals surface area contributed by atoms with E-state index < -0.39 is 0 Å². The quantitative estimate of drug-likeness (QED) is 0.776. The van der Waals surface area contributed by atoms with Gasteiger partial charge in [-0.1, -0.05) is 0 Å². The molecule has 1 aromatic heterocycles. The summed E-state index contributed by atoms with van der Waals surface area (Å²) < 4.78 is 0. The summed E-state index contributed by atoms with van der Waals surface area (Å²) in [6.45, 7) is 1.53. The highest BCUT2D eigenvalue weighted by atomic mass is 32.1. The van der Waals surface area contributed by atoms with Crippen LogP contribution in [-0.4, -0.2) is 11.7 Å². The van der Waals surface area contributed by atoms with Crippen LogP contribution >= 0.6 is 11.3 Å². The van der Waals surface area contributed by atoms with Crippen molar-refractivity contribution < 1.29 is 9.59 Å². The maximum atomic E-state index is 11.4. The molecule has 0 spiro atoms. The van der Waals surface area contributed by atoms with E-state index in [1.807, 2.05) is 0 Å². The van der Waals surface area contributed by atoms with E-state index >= 15 is 0 Å². The molecule has 4 heteroatoms. The monoisotopic (exact) mass is 209 g/mol. The van der Waals surface area contributed by atoms with Crippen molar-refractivity contribution in [3.8, 4) is 0 Å². The number of nitrogens with one attached hydrogen (secondary N) is 1. The molecule has 0 radical (unpaired) electrons. The van der Waals surface area contributed by atoms with E-state index in [-0.39, 0.29) is 17.6 Å². The zero-order valence-electron chi connectivity index (χ0n) is 7.87. The summed E-state index contributed by atoms with van der Waals surface area (Å²) in [5.41, 5.74) is 0. The molecular weight excluding hydrogens is 198 g/mol. The van der Waals surface area contributed by atoms with Gasteiger partial charge in [0.2, 0.25) is 5.91 Å². The van der Waals surface area contributed by atoms with Gasteiger partial charge in [-0.05, 0) is 31.9 Å². The molecule has 2 rings (SSSR count). The molecule has 1 aliphatic rings. The Morgan fingerprint density at radius 3 is 2.64 bits per heavy atom.